The number of aliphatic hydroxyl groups is 2. The van der Waals surface area contributed by atoms with E-state index in [0.717, 1.165) is 0 Å². The highest BCUT2D eigenvalue weighted by molar-refractivity contribution is 6.30. The summed E-state index contributed by atoms with van der Waals surface area (Å²) in [7, 11) is 0. The average Bonchev–Trinajstić information content (AvgIpc) is 2.26. The molecule has 96 valence electrons. The van der Waals surface area contributed by atoms with Crippen molar-refractivity contribution in [2.24, 2.45) is 0 Å². The summed E-state index contributed by atoms with van der Waals surface area (Å²) in [6.07, 6.45) is -1.04. The summed E-state index contributed by atoms with van der Waals surface area (Å²) in [5.41, 5.74) is 0. The van der Waals surface area contributed by atoms with Crippen LogP contribution in [0.5, 0.6) is 5.75 Å². The second kappa shape index (κ2) is 7.50. The summed E-state index contributed by atoms with van der Waals surface area (Å²) in [6.45, 7) is 2.70. The Balaban J connectivity index is 2.21. The SMILES string of the molecule is CC(O)CNCC(O)COc1cccc(Cl)c1. The lowest BCUT2D eigenvalue weighted by Gasteiger charge is -2.14. The molecule has 0 aliphatic carbocycles. The van der Waals surface area contributed by atoms with Gasteiger partial charge in [-0.15, -0.1) is 0 Å². The van der Waals surface area contributed by atoms with Crippen molar-refractivity contribution in [1.82, 2.24) is 5.32 Å². The minimum atomic E-state index is -0.618. The summed E-state index contributed by atoms with van der Waals surface area (Å²) in [5, 5.41) is 22.1. The molecule has 1 rings (SSSR count). The first-order chi connectivity index (χ1) is 8.08. The van der Waals surface area contributed by atoms with Crippen LogP contribution in [0.1, 0.15) is 6.92 Å². The molecule has 1 aromatic carbocycles. The number of aliphatic hydroxyl groups excluding tert-OH is 2. The van der Waals surface area contributed by atoms with Crippen LogP contribution in [0.3, 0.4) is 0 Å². The van der Waals surface area contributed by atoms with Crippen molar-refractivity contribution < 1.29 is 14.9 Å². The first-order valence-electron chi connectivity index (χ1n) is 5.53. The highest BCUT2D eigenvalue weighted by Gasteiger charge is 2.05. The van der Waals surface area contributed by atoms with Crippen LogP contribution < -0.4 is 10.1 Å². The number of ether oxygens (including phenoxy) is 1. The molecule has 0 saturated heterocycles. The van der Waals surface area contributed by atoms with Gasteiger partial charge < -0.3 is 20.3 Å². The van der Waals surface area contributed by atoms with Gasteiger partial charge >= 0.3 is 0 Å². The van der Waals surface area contributed by atoms with Gasteiger partial charge in [-0.2, -0.15) is 0 Å². The smallest absolute Gasteiger partial charge is 0.120 e. The molecule has 0 saturated carbocycles. The van der Waals surface area contributed by atoms with Gasteiger partial charge in [-0.3, -0.25) is 0 Å². The standard InChI is InChI=1S/C12H18ClNO3/c1-9(15)6-14-7-11(16)8-17-12-4-2-3-10(13)5-12/h2-5,9,11,14-16H,6-8H2,1H3. The van der Waals surface area contributed by atoms with Crippen molar-refractivity contribution in [3.05, 3.63) is 29.3 Å². The van der Waals surface area contributed by atoms with Crippen LogP contribution in [0.2, 0.25) is 5.02 Å². The third-order valence-electron chi connectivity index (χ3n) is 2.06. The monoisotopic (exact) mass is 259 g/mol. The molecule has 2 atom stereocenters. The summed E-state index contributed by atoms with van der Waals surface area (Å²) in [5.74, 6) is 0.632. The Morgan fingerprint density at radius 2 is 2.12 bits per heavy atom. The number of hydrogen-bond donors (Lipinski definition) is 3. The Bertz CT molecular complexity index is 333. The molecule has 0 aromatic heterocycles. The largest absolute Gasteiger partial charge is 0.491 e. The maximum absolute atomic E-state index is 9.59. The van der Waals surface area contributed by atoms with E-state index in [1.807, 2.05) is 0 Å². The molecule has 0 bridgehead atoms. The zero-order chi connectivity index (χ0) is 12.7. The molecule has 0 fully saturated rings. The molecule has 5 heteroatoms. The molecule has 3 N–H and O–H groups in total. The summed E-state index contributed by atoms with van der Waals surface area (Å²) in [6, 6.07) is 7.02. The lowest BCUT2D eigenvalue weighted by Crippen LogP contribution is -2.35. The van der Waals surface area contributed by atoms with Gasteiger partial charge in [0.25, 0.3) is 0 Å². The first kappa shape index (κ1) is 14.3. The highest BCUT2D eigenvalue weighted by Crippen LogP contribution is 2.17. The highest BCUT2D eigenvalue weighted by atomic mass is 35.5. The van der Waals surface area contributed by atoms with Crippen molar-refractivity contribution in [2.75, 3.05) is 19.7 Å². The zero-order valence-electron chi connectivity index (χ0n) is 9.77. The molecule has 0 amide bonds. The predicted octanol–water partition coefficient (Wildman–Crippen LogP) is 1.05. The molecule has 0 radical (unpaired) electrons. The Morgan fingerprint density at radius 3 is 2.76 bits per heavy atom. The van der Waals surface area contributed by atoms with E-state index in [-0.39, 0.29) is 6.61 Å². The van der Waals surface area contributed by atoms with E-state index in [4.69, 9.17) is 21.4 Å². The van der Waals surface area contributed by atoms with Gasteiger partial charge in [-0.25, -0.2) is 0 Å². The van der Waals surface area contributed by atoms with Gasteiger partial charge in [-0.1, -0.05) is 17.7 Å². The van der Waals surface area contributed by atoms with Gasteiger partial charge in [0.05, 0.1) is 6.10 Å². The zero-order valence-corrected chi connectivity index (χ0v) is 10.5. The van der Waals surface area contributed by atoms with Crippen molar-refractivity contribution in [3.63, 3.8) is 0 Å². The summed E-state index contributed by atoms with van der Waals surface area (Å²) < 4.78 is 5.37. The van der Waals surface area contributed by atoms with E-state index in [0.29, 0.717) is 23.9 Å². The first-order valence-corrected chi connectivity index (χ1v) is 5.91. The Labute approximate surface area is 106 Å². The maximum Gasteiger partial charge on any atom is 0.120 e. The minimum Gasteiger partial charge on any atom is -0.491 e. The van der Waals surface area contributed by atoms with Crippen molar-refractivity contribution in [2.45, 2.75) is 19.1 Å². The summed E-state index contributed by atoms with van der Waals surface area (Å²) >= 11 is 5.80. The van der Waals surface area contributed by atoms with E-state index in [1.54, 1.807) is 31.2 Å². The van der Waals surface area contributed by atoms with Crippen LogP contribution in [0.4, 0.5) is 0 Å². The molecule has 4 nitrogen and oxygen atoms in total. The van der Waals surface area contributed by atoms with E-state index in [9.17, 15) is 5.11 Å². The molecule has 0 aliphatic rings. The van der Waals surface area contributed by atoms with Crippen LogP contribution in [0.15, 0.2) is 24.3 Å². The van der Waals surface area contributed by atoms with Crippen LogP contribution >= 0.6 is 11.6 Å². The fraction of sp³-hybridized carbons (Fsp3) is 0.500. The Kier molecular flexibility index (Phi) is 6.29. The van der Waals surface area contributed by atoms with Crippen LogP contribution in [0, 0.1) is 0 Å². The van der Waals surface area contributed by atoms with Gasteiger partial charge in [0.15, 0.2) is 0 Å². The Morgan fingerprint density at radius 1 is 1.35 bits per heavy atom. The van der Waals surface area contributed by atoms with Gasteiger partial charge in [0, 0.05) is 18.1 Å². The maximum atomic E-state index is 9.59. The Hall–Kier alpha value is -0.810. The van der Waals surface area contributed by atoms with Crippen LogP contribution in [-0.2, 0) is 0 Å². The number of hydrogen-bond acceptors (Lipinski definition) is 4. The van der Waals surface area contributed by atoms with Crippen molar-refractivity contribution in [1.29, 1.82) is 0 Å². The molecule has 0 spiro atoms. The molecular weight excluding hydrogens is 242 g/mol. The molecule has 2 unspecified atom stereocenters. The number of benzene rings is 1. The fourth-order valence-electron chi connectivity index (χ4n) is 1.27. The van der Waals surface area contributed by atoms with Crippen molar-refractivity contribution >= 4 is 11.6 Å². The molecule has 0 heterocycles. The second-order valence-electron chi connectivity index (χ2n) is 3.93. The third kappa shape index (κ3) is 6.48. The molecule has 0 aliphatic heterocycles. The van der Waals surface area contributed by atoms with Crippen LogP contribution in [-0.4, -0.2) is 42.1 Å². The van der Waals surface area contributed by atoms with E-state index < -0.39 is 12.2 Å². The molecule has 1 aromatic rings. The van der Waals surface area contributed by atoms with Crippen LogP contribution in [0.25, 0.3) is 0 Å². The van der Waals surface area contributed by atoms with E-state index >= 15 is 0 Å². The average molecular weight is 260 g/mol. The van der Waals surface area contributed by atoms with Gasteiger partial charge in [0.2, 0.25) is 0 Å². The number of nitrogens with one attached hydrogen (secondary N) is 1. The lowest BCUT2D eigenvalue weighted by molar-refractivity contribution is 0.101. The quantitative estimate of drug-likeness (QED) is 0.685. The minimum absolute atomic E-state index is 0.188. The van der Waals surface area contributed by atoms with Gasteiger partial charge in [-0.05, 0) is 25.1 Å². The van der Waals surface area contributed by atoms with Crippen molar-refractivity contribution in [3.8, 4) is 5.75 Å². The molecular formula is C12H18ClNO3. The van der Waals surface area contributed by atoms with E-state index in [1.165, 1.54) is 0 Å². The normalized spacial score (nSPS) is 14.4. The third-order valence-corrected chi connectivity index (χ3v) is 2.29. The lowest BCUT2D eigenvalue weighted by atomic mass is 10.3. The van der Waals surface area contributed by atoms with Gasteiger partial charge in [0.1, 0.15) is 18.5 Å². The van der Waals surface area contributed by atoms with E-state index in [2.05, 4.69) is 5.32 Å². The topological polar surface area (TPSA) is 61.7 Å². The fourth-order valence-corrected chi connectivity index (χ4v) is 1.45. The second-order valence-corrected chi connectivity index (χ2v) is 4.37. The number of rotatable bonds is 7. The predicted molar refractivity (Wildman–Crippen MR) is 67.5 cm³/mol. The summed E-state index contributed by atoms with van der Waals surface area (Å²) in [4.78, 5) is 0. The molecule has 17 heavy (non-hydrogen) atoms. The number of halogens is 1.